The predicted molar refractivity (Wildman–Crippen MR) is 89.3 cm³/mol. The van der Waals surface area contributed by atoms with Gasteiger partial charge in [-0.15, -0.1) is 0 Å². The molecule has 0 amide bonds. The smallest absolute Gasteiger partial charge is 0.140 e. The normalized spacial score (nSPS) is 12.9. The van der Waals surface area contributed by atoms with Crippen molar-refractivity contribution < 1.29 is 0 Å². The van der Waals surface area contributed by atoms with Gasteiger partial charge in [-0.05, 0) is 48.5 Å². The molecule has 1 unspecified atom stereocenters. The van der Waals surface area contributed by atoms with E-state index in [0.717, 1.165) is 25.0 Å². The SMILES string of the molecule is CCSCCCn1cc(CC(N)CC)c2cccnc21. The Morgan fingerprint density at radius 2 is 2.25 bits per heavy atom. The quantitative estimate of drug-likeness (QED) is 0.758. The van der Waals surface area contributed by atoms with E-state index in [4.69, 9.17) is 5.73 Å². The van der Waals surface area contributed by atoms with Crippen molar-refractivity contribution in [3.8, 4) is 0 Å². The van der Waals surface area contributed by atoms with E-state index in [0.29, 0.717) is 0 Å². The highest BCUT2D eigenvalue weighted by molar-refractivity contribution is 7.99. The van der Waals surface area contributed by atoms with Gasteiger partial charge in [0, 0.05) is 30.4 Å². The van der Waals surface area contributed by atoms with Crippen LogP contribution in [0.25, 0.3) is 11.0 Å². The average Bonchev–Trinajstić information content (AvgIpc) is 2.82. The third-order valence-electron chi connectivity index (χ3n) is 3.61. The first-order valence-electron chi connectivity index (χ1n) is 7.52. The van der Waals surface area contributed by atoms with Crippen molar-refractivity contribution in [1.29, 1.82) is 0 Å². The molecule has 0 bridgehead atoms. The van der Waals surface area contributed by atoms with Crippen molar-refractivity contribution in [2.45, 2.75) is 45.7 Å². The zero-order valence-electron chi connectivity index (χ0n) is 12.5. The number of nitrogens with zero attached hydrogens (tertiary/aromatic N) is 2. The number of rotatable bonds is 8. The summed E-state index contributed by atoms with van der Waals surface area (Å²) in [6, 6.07) is 4.42. The highest BCUT2D eigenvalue weighted by atomic mass is 32.2. The maximum absolute atomic E-state index is 6.11. The molecule has 0 aliphatic rings. The van der Waals surface area contributed by atoms with Gasteiger partial charge in [0.25, 0.3) is 0 Å². The van der Waals surface area contributed by atoms with Gasteiger partial charge in [-0.2, -0.15) is 11.8 Å². The largest absolute Gasteiger partial charge is 0.332 e. The van der Waals surface area contributed by atoms with Crippen LogP contribution in [-0.2, 0) is 13.0 Å². The minimum Gasteiger partial charge on any atom is -0.332 e. The van der Waals surface area contributed by atoms with E-state index in [1.165, 1.54) is 28.9 Å². The fourth-order valence-electron chi connectivity index (χ4n) is 2.44. The van der Waals surface area contributed by atoms with Gasteiger partial charge in [-0.25, -0.2) is 4.98 Å². The molecule has 0 saturated carbocycles. The average molecular weight is 291 g/mol. The van der Waals surface area contributed by atoms with Crippen LogP contribution in [0, 0.1) is 0 Å². The van der Waals surface area contributed by atoms with Crippen LogP contribution >= 0.6 is 11.8 Å². The second-order valence-electron chi connectivity index (χ2n) is 5.15. The Kier molecular flexibility index (Phi) is 5.92. The van der Waals surface area contributed by atoms with E-state index in [-0.39, 0.29) is 6.04 Å². The zero-order chi connectivity index (χ0) is 14.4. The highest BCUT2D eigenvalue weighted by Gasteiger charge is 2.11. The molecule has 0 aliphatic heterocycles. The molecule has 0 fully saturated rings. The fraction of sp³-hybridized carbons (Fsp3) is 0.562. The molecule has 0 saturated heterocycles. The molecule has 0 radical (unpaired) electrons. The van der Waals surface area contributed by atoms with Crippen LogP contribution in [0.3, 0.4) is 0 Å². The first-order valence-corrected chi connectivity index (χ1v) is 8.67. The second kappa shape index (κ2) is 7.70. The Balaban J connectivity index is 2.17. The van der Waals surface area contributed by atoms with Gasteiger partial charge in [0.05, 0.1) is 0 Å². The minimum atomic E-state index is 0.241. The van der Waals surface area contributed by atoms with Crippen molar-refractivity contribution in [1.82, 2.24) is 9.55 Å². The Bertz CT molecular complexity index is 536. The Morgan fingerprint density at radius 1 is 1.40 bits per heavy atom. The summed E-state index contributed by atoms with van der Waals surface area (Å²) in [4.78, 5) is 4.55. The van der Waals surface area contributed by atoms with Gasteiger partial charge in [0.15, 0.2) is 0 Å². The van der Waals surface area contributed by atoms with E-state index >= 15 is 0 Å². The number of pyridine rings is 1. The maximum Gasteiger partial charge on any atom is 0.140 e. The summed E-state index contributed by atoms with van der Waals surface area (Å²) in [7, 11) is 0. The summed E-state index contributed by atoms with van der Waals surface area (Å²) in [5.41, 5.74) is 8.55. The molecular formula is C16H25N3S. The predicted octanol–water partition coefficient (Wildman–Crippen LogP) is 3.46. The maximum atomic E-state index is 6.11. The third-order valence-corrected chi connectivity index (χ3v) is 4.60. The lowest BCUT2D eigenvalue weighted by molar-refractivity contribution is 0.643. The van der Waals surface area contributed by atoms with Crippen LogP contribution in [-0.4, -0.2) is 27.1 Å². The Labute approximate surface area is 125 Å². The fourth-order valence-corrected chi connectivity index (χ4v) is 3.06. The summed E-state index contributed by atoms with van der Waals surface area (Å²) < 4.78 is 2.29. The van der Waals surface area contributed by atoms with Gasteiger partial charge in [0.1, 0.15) is 5.65 Å². The lowest BCUT2D eigenvalue weighted by Gasteiger charge is -2.06. The molecule has 1 atom stereocenters. The number of hydrogen-bond acceptors (Lipinski definition) is 3. The van der Waals surface area contributed by atoms with Crippen LogP contribution in [0.5, 0.6) is 0 Å². The molecule has 0 aromatic carbocycles. The van der Waals surface area contributed by atoms with E-state index in [1.807, 2.05) is 24.0 Å². The lowest BCUT2D eigenvalue weighted by Crippen LogP contribution is -2.21. The molecule has 4 heteroatoms. The number of hydrogen-bond donors (Lipinski definition) is 1. The summed E-state index contributed by atoms with van der Waals surface area (Å²) in [5.74, 6) is 2.41. The Morgan fingerprint density at radius 3 is 3.00 bits per heavy atom. The number of nitrogens with two attached hydrogens (primary N) is 1. The van der Waals surface area contributed by atoms with Gasteiger partial charge in [-0.3, -0.25) is 0 Å². The van der Waals surface area contributed by atoms with Crippen molar-refractivity contribution in [3.05, 3.63) is 30.1 Å². The number of thioether (sulfide) groups is 1. The van der Waals surface area contributed by atoms with Crippen molar-refractivity contribution in [2.24, 2.45) is 5.73 Å². The van der Waals surface area contributed by atoms with E-state index in [9.17, 15) is 0 Å². The van der Waals surface area contributed by atoms with E-state index in [2.05, 4.69) is 35.7 Å². The van der Waals surface area contributed by atoms with Crippen molar-refractivity contribution in [3.63, 3.8) is 0 Å². The molecule has 20 heavy (non-hydrogen) atoms. The first kappa shape index (κ1) is 15.4. The van der Waals surface area contributed by atoms with Crippen LogP contribution in [0.2, 0.25) is 0 Å². The van der Waals surface area contributed by atoms with Gasteiger partial charge < -0.3 is 10.3 Å². The molecule has 2 aromatic rings. The molecule has 0 aliphatic carbocycles. The molecular weight excluding hydrogens is 266 g/mol. The van der Waals surface area contributed by atoms with Gasteiger partial charge in [-0.1, -0.05) is 13.8 Å². The van der Waals surface area contributed by atoms with Crippen LogP contribution in [0.4, 0.5) is 0 Å². The second-order valence-corrected chi connectivity index (χ2v) is 6.54. The standard InChI is InChI=1S/C16H25N3S/c1-3-14(17)11-13-12-19(9-6-10-20-4-2)16-15(13)7-5-8-18-16/h5,7-8,12,14H,3-4,6,9-11,17H2,1-2H3. The molecule has 2 rings (SSSR count). The molecule has 2 aromatic heterocycles. The summed E-state index contributed by atoms with van der Waals surface area (Å²) in [5, 5.41) is 1.26. The molecule has 0 spiro atoms. The number of aryl methyl sites for hydroxylation is 1. The van der Waals surface area contributed by atoms with Crippen LogP contribution < -0.4 is 5.73 Å². The zero-order valence-corrected chi connectivity index (χ0v) is 13.3. The molecule has 2 N–H and O–H groups in total. The van der Waals surface area contributed by atoms with E-state index < -0.39 is 0 Å². The topological polar surface area (TPSA) is 43.8 Å². The number of fused-ring (bicyclic) bond motifs is 1. The monoisotopic (exact) mass is 291 g/mol. The summed E-state index contributed by atoms with van der Waals surface area (Å²) in [6.45, 7) is 5.40. The minimum absolute atomic E-state index is 0.241. The van der Waals surface area contributed by atoms with Crippen LogP contribution in [0.15, 0.2) is 24.5 Å². The van der Waals surface area contributed by atoms with Crippen molar-refractivity contribution >= 4 is 22.8 Å². The lowest BCUT2D eigenvalue weighted by atomic mass is 10.1. The summed E-state index contributed by atoms with van der Waals surface area (Å²) >= 11 is 2.00. The molecule has 2 heterocycles. The number of aromatic nitrogens is 2. The van der Waals surface area contributed by atoms with Gasteiger partial charge >= 0.3 is 0 Å². The van der Waals surface area contributed by atoms with Crippen LogP contribution in [0.1, 0.15) is 32.3 Å². The van der Waals surface area contributed by atoms with E-state index in [1.54, 1.807) is 0 Å². The summed E-state index contributed by atoms with van der Waals surface area (Å²) in [6.07, 6.45) is 7.28. The molecule has 3 nitrogen and oxygen atoms in total. The highest BCUT2D eigenvalue weighted by Crippen LogP contribution is 2.21. The van der Waals surface area contributed by atoms with Crippen molar-refractivity contribution in [2.75, 3.05) is 11.5 Å². The Hall–Kier alpha value is -1.00. The first-order chi connectivity index (χ1) is 9.76. The third kappa shape index (κ3) is 3.76. The molecule has 110 valence electrons. The van der Waals surface area contributed by atoms with Gasteiger partial charge in [0.2, 0.25) is 0 Å².